The summed E-state index contributed by atoms with van der Waals surface area (Å²) < 4.78 is 14.7. The van der Waals surface area contributed by atoms with Gasteiger partial charge < -0.3 is 9.79 Å². The van der Waals surface area contributed by atoms with Crippen molar-refractivity contribution in [2.24, 2.45) is 5.92 Å². The fourth-order valence-corrected chi connectivity index (χ4v) is 1.74. The van der Waals surface area contributed by atoms with Gasteiger partial charge in [-0.15, -0.1) is 0 Å². The van der Waals surface area contributed by atoms with E-state index in [-0.39, 0.29) is 36.2 Å². The van der Waals surface area contributed by atoms with Gasteiger partial charge in [-0.2, -0.15) is 0 Å². The van der Waals surface area contributed by atoms with Crippen molar-refractivity contribution >= 4 is 37.4 Å². The first-order chi connectivity index (χ1) is 6.92. The minimum atomic E-state index is -4.24. The summed E-state index contributed by atoms with van der Waals surface area (Å²) in [6, 6.07) is 0. The summed E-state index contributed by atoms with van der Waals surface area (Å²) in [4.78, 5) is 16.8. The summed E-state index contributed by atoms with van der Waals surface area (Å²) in [6.45, 7) is 4.59. The van der Waals surface area contributed by atoms with Crippen LogP contribution in [-0.4, -0.2) is 46.0 Å². The van der Waals surface area contributed by atoms with E-state index < -0.39 is 7.82 Å². The molecule has 0 rings (SSSR count). The summed E-state index contributed by atoms with van der Waals surface area (Å²) in [5.41, 5.74) is 0. The topological polar surface area (TPSA) is 66.8 Å². The Morgan fingerprint density at radius 1 is 1.06 bits per heavy atom. The molecule has 0 aliphatic rings. The molecule has 0 bridgehead atoms. The average Bonchev–Trinajstić information content (AvgIpc) is 2.07. The monoisotopic (exact) mass is 262 g/mol. The van der Waals surface area contributed by atoms with Crippen molar-refractivity contribution in [1.29, 1.82) is 0 Å². The summed E-state index contributed by atoms with van der Waals surface area (Å²) >= 11 is 0. The Hall–Kier alpha value is 1.11. The summed E-state index contributed by atoms with van der Waals surface area (Å²) in [5, 5.41) is 0. The molecule has 2 N–H and O–H groups in total. The molecule has 0 aliphatic heterocycles. The van der Waals surface area contributed by atoms with Gasteiger partial charge in [0.1, 0.15) is 0 Å². The van der Waals surface area contributed by atoms with E-state index in [1.54, 1.807) is 0 Å². The standard InChI is InChI=1S/C10H23O4P.Na.H/c1-10(2)8-6-4-3-5-7-9-14-15(11,12)13;;/h10H,3-9H2,1-2H3,(H2,11,12,13);;. The van der Waals surface area contributed by atoms with Crippen molar-refractivity contribution in [2.75, 3.05) is 6.61 Å². The van der Waals surface area contributed by atoms with Crippen LogP contribution in [0.3, 0.4) is 0 Å². The minimum absolute atomic E-state index is 0. The molecule has 0 saturated heterocycles. The Bertz CT molecular complexity index is 193. The third-order valence-electron chi connectivity index (χ3n) is 2.19. The van der Waals surface area contributed by atoms with Gasteiger partial charge in [0.15, 0.2) is 0 Å². The van der Waals surface area contributed by atoms with E-state index in [2.05, 4.69) is 18.4 Å². The van der Waals surface area contributed by atoms with E-state index in [1.165, 1.54) is 19.3 Å². The molecule has 0 aliphatic carbocycles. The van der Waals surface area contributed by atoms with Gasteiger partial charge in [0, 0.05) is 0 Å². The number of unbranched alkanes of at least 4 members (excludes halogenated alkanes) is 4. The SMILES string of the molecule is CC(C)CCCCCCCOP(=O)(O)O.[NaH]. The third kappa shape index (κ3) is 17.5. The van der Waals surface area contributed by atoms with Crippen LogP contribution in [0.1, 0.15) is 52.4 Å². The maximum absolute atomic E-state index is 10.3. The predicted molar refractivity (Wildman–Crippen MR) is 67.7 cm³/mol. The zero-order valence-corrected chi connectivity index (χ0v) is 10.6. The zero-order chi connectivity index (χ0) is 11.7. The fourth-order valence-electron chi connectivity index (χ4n) is 1.37. The van der Waals surface area contributed by atoms with Crippen molar-refractivity contribution in [2.45, 2.75) is 52.4 Å². The molecule has 0 heterocycles. The number of rotatable bonds is 9. The number of hydrogen-bond acceptors (Lipinski definition) is 2. The summed E-state index contributed by atoms with van der Waals surface area (Å²) in [7, 11) is -4.24. The molecule has 0 atom stereocenters. The third-order valence-corrected chi connectivity index (χ3v) is 2.70. The van der Waals surface area contributed by atoms with E-state index in [4.69, 9.17) is 9.79 Å². The molecular weight excluding hydrogens is 238 g/mol. The van der Waals surface area contributed by atoms with Gasteiger partial charge in [-0.1, -0.05) is 46.0 Å². The van der Waals surface area contributed by atoms with Gasteiger partial charge in [-0.05, 0) is 12.3 Å². The van der Waals surface area contributed by atoms with Gasteiger partial charge >= 0.3 is 37.4 Å². The molecule has 0 radical (unpaired) electrons. The van der Waals surface area contributed by atoms with E-state index in [9.17, 15) is 4.57 Å². The second kappa shape index (κ2) is 11.2. The number of hydrogen-bond donors (Lipinski definition) is 2. The normalized spacial score (nSPS) is 11.6. The molecule has 0 aromatic heterocycles. The first kappa shape index (κ1) is 19.4. The van der Waals surface area contributed by atoms with Crippen molar-refractivity contribution < 1.29 is 18.9 Å². The molecule has 4 nitrogen and oxygen atoms in total. The zero-order valence-electron chi connectivity index (χ0n) is 9.69. The van der Waals surface area contributed by atoms with Crippen LogP contribution >= 0.6 is 7.82 Å². The second-order valence-electron chi connectivity index (χ2n) is 4.27. The van der Waals surface area contributed by atoms with Crippen LogP contribution in [0.5, 0.6) is 0 Å². The van der Waals surface area contributed by atoms with Gasteiger partial charge in [0.25, 0.3) is 0 Å². The number of phosphoric ester groups is 1. The molecular formula is C10H24NaO4P. The molecule has 0 aromatic carbocycles. The fraction of sp³-hybridized carbons (Fsp3) is 1.00. The summed E-state index contributed by atoms with van der Waals surface area (Å²) in [6.07, 6.45) is 6.55. The Labute approximate surface area is 121 Å². The van der Waals surface area contributed by atoms with E-state index >= 15 is 0 Å². The van der Waals surface area contributed by atoms with Crippen molar-refractivity contribution in [3.8, 4) is 0 Å². The van der Waals surface area contributed by atoms with Crippen molar-refractivity contribution in [3.63, 3.8) is 0 Å². The molecule has 0 unspecified atom stereocenters. The van der Waals surface area contributed by atoms with Gasteiger partial charge in [-0.25, -0.2) is 4.57 Å². The van der Waals surface area contributed by atoms with Crippen LogP contribution < -0.4 is 0 Å². The molecule has 0 spiro atoms. The first-order valence-electron chi connectivity index (χ1n) is 5.62. The van der Waals surface area contributed by atoms with Gasteiger partial charge in [-0.3, -0.25) is 4.52 Å². The Kier molecular flexibility index (Phi) is 13.6. The van der Waals surface area contributed by atoms with Crippen LogP contribution in [0.2, 0.25) is 0 Å². The Morgan fingerprint density at radius 3 is 2.06 bits per heavy atom. The summed E-state index contributed by atoms with van der Waals surface area (Å²) in [5.74, 6) is 0.767. The molecule has 0 saturated carbocycles. The van der Waals surface area contributed by atoms with Crippen molar-refractivity contribution in [3.05, 3.63) is 0 Å². The molecule has 0 fully saturated rings. The van der Waals surface area contributed by atoms with E-state index in [1.807, 2.05) is 0 Å². The van der Waals surface area contributed by atoms with Crippen LogP contribution in [-0.2, 0) is 9.09 Å². The van der Waals surface area contributed by atoms with Crippen LogP contribution in [0.25, 0.3) is 0 Å². The molecule has 6 heteroatoms. The molecule has 16 heavy (non-hydrogen) atoms. The second-order valence-corrected chi connectivity index (χ2v) is 5.51. The van der Waals surface area contributed by atoms with Crippen LogP contribution in [0.4, 0.5) is 0 Å². The predicted octanol–water partition coefficient (Wildman–Crippen LogP) is 2.44. The quantitative estimate of drug-likeness (QED) is 0.380. The molecule has 94 valence electrons. The van der Waals surface area contributed by atoms with Gasteiger partial charge in [0.2, 0.25) is 0 Å². The van der Waals surface area contributed by atoms with Crippen LogP contribution in [0, 0.1) is 5.92 Å². The Balaban J connectivity index is 0. The first-order valence-corrected chi connectivity index (χ1v) is 7.15. The van der Waals surface area contributed by atoms with E-state index in [0.717, 1.165) is 25.2 Å². The van der Waals surface area contributed by atoms with Gasteiger partial charge in [0.05, 0.1) is 6.61 Å². The molecule has 0 amide bonds. The van der Waals surface area contributed by atoms with Crippen molar-refractivity contribution in [1.82, 2.24) is 0 Å². The Morgan fingerprint density at radius 2 is 1.56 bits per heavy atom. The molecule has 0 aromatic rings. The van der Waals surface area contributed by atoms with E-state index in [0.29, 0.717) is 0 Å². The average molecular weight is 262 g/mol. The van der Waals surface area contributed by atoms with Crippen LogP contribution in [0.15, 0.2) is 0 Å². The maximum atomic E-state index is 10.3. The number of phosphoric acid groups is 1.